The first-order valence-corrected chi connectivity index (χ1v) is 9.02. The highest BCUT2D eigenvalue weighted by atomic mass is 35.5. The number of fused-ring (bicyclic) bond motifs is 1. The van der Waals surface area contributed by atoms with Gasteiger partial charge in [-0.05, 0) is 44.6 Å². The van der Waals surface area contributed by atoms with Crippen LogP contribution in [0.1, 0.15) is 24.0 Å². The van der Waals surface area contributed by atoms with E-state index < -0.39 is 0 Å². The molecule has 0 amide bonds. The number of rotatable bonds is 3. The van der Waals surface area contributed by atoms with Gasteiger partial charge in [0, 0.05) is 47.4 Å². The van der Waals surface area contributed by atoms with Crippen LogP contribution in [0.25, 0.3) is 11.3 Å². The Bertz CT molecular complexity index is 797. The van der Waals surface area contributed by atoms with Gasteiger partial charge in [-0.15, -0.1) is 10.2 Å². The topological polar surface area (TPSA) is 73.3 Å². The Kier molecular flexibility index (Phi) is 4.50. The number of likely N-dealkylation sites (tertiary alicyclic amines) is 1. The zero-order valence-electron chi connectivity index (χ0n) is 14.2. The van der Waals surface area contributed by atoms with E-state index in [9.17, 15) is 5.11 Å². The third-order valence-electron chi connectivity index (χ3n) is 4.97. The van der Waals surface area contributed by atoms with Crippen molar-refractivity contribution in [3.05, 3.63) is 34.3 Å². The van der Waals surface area contributed by atoms with Crippen LogP contribution >= 0.6 is 11.6 Å². The van der Waals surface area contributed by atoms with Crippen LogP contribution in [-0.2, 0) is 13.1 Å². The maximum Gasteiger partial charge on any atom is 0.153 e. The molecule has 2 aliphatic heterocycles. The molecule has 0 aliphatic carbocycles. The number of benzene rings is 1. The van der Waals surface area contributed by atoms with Crippen LogP contribution < -0.4 is 10.6 Å². The second-order valence-electron chi connectivity index (χ2n) is 6.87. The minimum Gasteiger partial charge on any atom is -0.507 e. The molecular formula is C18H22ClN5O. The Morgan fingerprint density at radius 3 is 2.92 bits per heavy atom. The molecule has 132 valence electrons. The van der Waals surface area contributed by atoms with E-state index in [4.69, 9.17) is 11.6 Å². The van der Waals surface area contributed by atoms with Crippen molar-refractivity contribution in [3.63, 3.8) is 0 Å². The minimum atomic E-state index is 0.130. The molecule has 1 fully saturated rings. The van der Waals surface area contributed by atoms with E-state index in [1.54, 1.807) is 12.1 Å². The minimum absolute atomic E-state index is 0.130. The fourth-order valence-electron chi connectivity index (χ4n) is 3.71. The van der Waals surface area contributed by atoms with Gasteiger partial charge < -0.3 is 20.6 Å². The molecular weight excluding hydrogens is 338 g/mol. The van der Waals surface area contributed by atoms with Gasteiger partial charge in [-0.25, -0.2) is 0 Å². The summed E-state index contributed by atoms with van der Waals surface area (Å²) in [5, 5.41) is 26.6. The number of piperidine rings is 1. The standard InChI is InChI=1S/C18H22ClN5O/c1-24-6-2-3-12(10-24)21-18-15-9-20-8-14(15)17(22-23-18)13-5-4-11(19)7-16(13)25/h4-5,7,12,20,25H,2-3,6,8-10H2,1H3,(H,21,23)/t12-/m1/s1. The molecule has 3 N–H and O–H groups in total. The maximum absolute atomic E-state index is 10.2. The lowest BCUT2D eigenvalue weighted by molar-refractivity contribution is 0.260. The van der Waals surface area contributed by atoms with Crippen molar-refractivity contribution in [2.45, 2.75) is 32.0 Å². The van der Waals surface area contributed by atoms with Crippen molar-refractivity contribution in [3.8, 4) is 17.0 Å². The normalized spacial score (nSPS) is 20.5. The number of nitrogens with one attached hydrogen (secondary N) is 2. The highest BCUT2D eigenvalue weighted by Crippen LogP contribution is 2.36. The molecule has 6 nitrogen and oxygen atoms in total. The summed E-state index contributed by atoms with van der Waals surface area (Å²) in [4.78, 5) is 2.34. The van der Waals surface area contributed by atoms with E-state index in [1.807, 2.05) is 0 Å². The summed E-state index contributed by atoms with van der Waals surface area (Å²) in [5.74, 6) is 0.989. The quantitative estimate of drug-likeness (QED) is 0.782. The summed E-state index contributed by atoms with van der Waals surface area (Å²) in [6, 6.07) is 5.49. The number of phenols is 1. The Labute approximate surface area is 152 Å². The molecule has 2 aromatic rings. The first kappa shape index (κ1) is 16.6. The summed E-state index contributed by atoms with van der Waals surface area (Å²) in [6.45, 7) is 3.65. The average molecular weight is 360 g/mol. The van der Waals surface area contributed by atoms with Gasteiger partial charge in [0.15, 0.2) is 5.82 Å². The van der Waals surface area contributed by atoms with E-state index in [2.05, 4.69) is 32.8 Å². The smallest absolute Gasteiger partial charge is 0.153 e. The number of aromatic nitrogens is 2. The average Bonchev–Trinajstić information content (AvgIpc) is 3.06. The fourth-order valence-corrected chi connectivity index (χ4v) is 3.88. The Morgan fingerprint density at radius 2 is 2.12 bits per heavy atom. The number of anilines is 1. The monoisotopic (exact) mass is 359 g/mol. The van der Waals surface area contributed by atoms with Crippen LogP contribution in [0, 0.1) is 0 Å². The molecule has 1 saturated heterocycles. The highest BCUT2D eigenvalue weighted by molar-refractivity contribution is 6.30. The van der Waals surface area contributed by atoms with Crippen molar-refractivity contribution in [1.29, 1.82) is 0 Å². The second kappa shape index (κ2) is 6.78. The van der Waals surface area contributed by atoms with Crippen molar-refractivity contribution < 1.29 is 5.11 Å². The number of hydrogen-bond donors (Lipinski definition) is 3. The number of nitrogens with zero attached hydrogens (tertiary/aromatic N) is 3. The largest absolute Gasteiger partial charge is 0.507 e. The number of hydrogen-bond acceptors (Lipinski definition) is 6. The summed E-state index contributed by atoms with van der Waals surface area (Å²) in [5.41, 5.74) is 3.63. The second-order valence-corrected chi connectivity index (χ2v) is 7.30. The van der Waals surface area contributed by atoms with E-state index >= 15 is 0 Å². The molecule has 4 rings (SSSR count). The fraction of sp³-hybridized carbons (Fsp3) is 0.444. The molecule has 2 aliphatic rings. The molecule has 0 radical (unpaired) electrons. The van der Waals surface area contributed by atoms with Crippen LogP contribution in [0.4, 0.5) is 5.82 Å². The Morgan fingerprint density at radius 1 is 1.28 bits per heavy atom. The van der Waals surface area contributed by atoms with Crippen molar-refractivity contribution in [1.82, 2.24) is 20.4 Å². The summed E-state index contributed by atoms with van der Waals surface area (Å²) in [6.07, 6.45) is 2.34. The zero-order chi connectivity index (χ0) is 17.4. The molecule has 0 unspecified atom stereocenters. The van der Waals surface area contributed by atoms with E-state index in [1.165, 1.54) is 12.5 Å². The molecule has 1 atom stereocenters. The van der Waals surface area contributed by atoms with E-state index in [0.717, 1.165) is 55.2 Å². The van der Waals surface area contributed by atoms with Gasteiger partial charge in [-0.2, -0.15) is 0 Å². The molecule has 25 heavy (non-hydrogen) atoms. The number of likely N-dealkylation sites (N-methyl/N-ethyl adjacent to an activating group) is 1. The van der Waals surface area contributed by atoms with E-state index in [0.29, 0.717) is 16.6 Å². The lowest BCUT2D eigenvalue weighted by Crippen LogP contribution is -2.40. The molecule has 0 bridgehead atoms. The summed E-state index contributed by atoms with van der Waals surface area (Å²) < 4.78 is 0. The lowest BCUT2D eigenvalue weighted by Gasteiger charge is -2.30. The number of phenolic OH excluding ortho intramolecular Hbond substituents is 1. The maximum atomic E-state index is 10.2. The van der Waals surface area contributed by atoms with E-state index in [-0.39, 0.29) is 5.75 Å². The predicted octanol–water partition coefficient (Wildman–Crippen LogP) is 2.61. The SMILES string of the molecule is CN1CCC[C@@H](Nc2nnc(-c3ccc(Cl)cc3O)c3c2CNC3)C1. The third kappa shape index (κ3) is 3.29. The number of aromatic hydroxyl groups is 1. The molecule has 1 aromatic carbocycles. The van der Waals surface area contributed by atoms with Gasteiger partial charge >= 0.3 is 0 Å². The first-order valence-electron chi connectivity index (χ1n) is 8.65. The molecule has 3 heterocycles. The van der Waals surface area contributed by atoms with Crippen molar-refractivity contribution in [2.24, 2.45) is 0 Å². The molecule has 7 heteroatoms. The van der Waals surface area contributed by atoms with Crippen LogP contribution in [0.3, 0.4) is 0 Å². The zero-order valence-corrected chi connectivity index (χ0v) is 15.0. The van der Waals surface area contributed by atoms with Crippen molar-refractivity contribution >= 4 is 17.4 Å². The summed E-state index contributed by atoms with van der Waals surface area (Å²) >= 11 is 5.94. The van der Waals surface area contributed by atoms with Crippen LogP contribution in [-0.4, -0.2) is 46.4 Å². The Hall–Kier alpha value is -1.89. The van der Waals surface area contributed by atoms with Crippen LogP contribution in [0.2, 0.25) is 5.02 Å². The predicted molar refractivity (Wildman–Crippen MR) is 98.8 cm³/mol. The molecule has 1 aromatic heterocycles. The molecule has 0 saturated carbocycles. The molecule has 0 spiro atoms. The van der Waals surface area contributed by atoms with Crippen LogP contribution in [0.15, 0.2) is 18.2 Å². The lowest BCUT2D eigenvalue weighted by atomic mass is 10.0. The van der Waals surface area contributed by atoms with Gasteiger partial charge in [-0.1, -0.05) is 11.6 Å². The number of halogens is 1. The van der Waals surface area contributed by atoms with Crippen LogP contribution in [0.5, 0.6) is 5.75 Å². The first-order chi connectivity index (χ1) is 12.1. The highest BCUT2D eigenvalue weighted by Gasteiger charge is 2.25. The van der Waals surface area contributed by atoms with Gasteiger partial charge in [0.05, 0.1) is 0 Å². The third-order valence-corrected chi connectivity index (χ3v) is 5.20. The Balaban J connectivity index is 1.67. The van der Waals surface area contributed by atoms with Crippen molar-refractivity contribution in [2.75, 3.05) is 25.5 Å². The van der Waals surface area contributed by atoms with Gasteiger partial charge in [0.25, 0.3) is 0 Å². The van der Waals surface area contributed by atoms with Gasteiger partial charge in [0.1, 0.15) is 11.4 Å². The summed E-state index contributed by atoms with van der Waals surface area (Å²) in [7, 11) is 2.15. The van der Waals surface area contributed by atoms with Gasteiger partial charge in [-0.3, -0.25) is 0 Å². The van der Waals surface area contributed by atoms with Gasteiger partial charge in [0.2, 0.25) is 0 Å².